The summed E-state index contributed by atoms with van der Waals surface area (Å²) in [5, 5.41) is 3.89. The third kappa shape index (κ3) is 3.43. The summed E-state index contributed by atoms with van der Waals surface area (Å²) < 4.78 is 5.28. The maximum atomic E-state index is 13.0. The number of methoxy groups -OCH3 is 1. The number of pyridine rings is 2. The molecule has 2 aromatic heterocycles. The zero-order valence-corrected chi connectivity index (χ0v) is 15.5. The molecule has 0 atom stereocenters. The fourth-order valence-corrected chi connectivity index (χ4v) is 3.47. The van der Waals surface area contributed by atoms with Crippen molar-refractivity contribution in [1.29, 1.82) is 0 Å². The summed E-state index contributed by atoms with van der Waals surface area (Å²) in [4.78, 5) is 24.2. The van der Waals surface area contributed by atoms with E-state index in [9.17, 15) is 4.79 Å². The van der Waals surface area contributed by atoms with Crippen LogP contribution >= 0.6 is 0 Å². The van der Waals surface area contributed by atoms with E-state index in [0.717, 1.165) is 54.1 Å². The third-order valence-electron chi connectivity index (χ3n) is 4.90. The van der Waals surface area contributed by atoms with Crippen molar-refractivity contribution < 1.29 is 9.53 Å². The van der Waals surface area contributed by atoms with Gasteiger partial charge in [-0.25, -0.2) is 4.98 Å². The maximum Gasteiger partial charge on any atom is 0.257 e. The first-order chi connectivity index (χ1) is 13.2. The summed E-state index contributed by atoms with van der Waals surface area (Å²) in [6.07, 6.45) is 4.07. The van der Waals surface area contributed by atoms with Crippen LogP contribution in [0, 0.1) is 6.92 Å². The van der Waals surface area contributed by atoms with Gasteiger partial charge < -0.3 is 15.0 Å². The second-order valence-electron chi connectivity index (χ2n) is 6.70. The number of anilines is 2. The Morgan fingerprint density at radius 1 is 1.19 bits per heavy atom. The Kier molecular flexibility index (Phi) is 4.62. The predicted octanol–water partition coefficient (Wildman–Crippen LogP) is 3.80. The smallest absolute Gasteiger partial charge is 0.257 e. The van der Waals surface area contributed by atoms with E-state index in [2.05, 4.69) is 20.2 Å². The molecule has 1 aliphatic heterocycles. The number of aromatic nitrogens is 2. The Morgan fingerprint density at radius 2 is 2.00 bits per heavy atom. The number of aryl methyl sites for hydroxylation is 1. The second kappa shape index (κ2) is 7.23. The Hall–Kier alpha value is -3.15. The molecule has 4 rings (SSSR count). The molecule has 1 saturated heterocycles. The molecule has 0 aliphatic carbocycles. The van der Waals surface area contributed by atoms with Crippen molar-refractivity contribution in [2.24, 2.45) is 0 Å². The van der Waals surface area contributed by atoms with Crippen LogP contribution in [0.5, 0.6) is 5.75 Å². The first kappa shape index (κ1) is 17.3. The number of nitrogens with zero attached hydrogens (tertiary/aromatic N) is 3. The summed E-state index contributed by atoms with van der Waals surface area (Å²) in [5.74, 6) is 1.39. The van der Waals surface area contributed by atoms with E-state index in [4.69, 9.17) is 4.74 Å². The number of carbonyl (C=O) groups is 1. The molecule has 6 heteroatoms. The molecule has 0 unspecified atom stereocenters. The number of hydrogen-bond donors (Lipinski definition) is 1. The van der Waals surface area contributed by atoms with Gasteiger partial charge in [0.15, 0.2) is 5.82 Å². The molecule has 1 aromatic carbocycles. The van der Waals surface area contributed by atoms with Gasteiger partial charge in [0.25, 0.3) is 5.91 Å². The molecule has 1 amide bonds. The minimum absolute atomic E-state index is 0.182. The summed E-state index contributed by atoms with van der Waals surface area (Å²) in [7, 11) is 1.62. The lowest BCUT2D eigenvalue weighted by Crippen LogP contribution is -2.22. The van der Waals surface area contributed by atoms with E-state index in [1.54, 1.807) is 13.3 Å². The Morgan fingerprint density at radius 3 is 2.78 bits per heavy atom. The van der Waals surface area contributed by atoms with Crippen LogP contribution in [0.15, 0.2) is 42.6 Å². The number of hydrogen-bond acceptors (Lipinski definition) is 5. The van der Waals surface area contributed by atoms with Gasteiger partial charge in [-0.2, -0.15) is 0 Å². The summed E-state index contributed by atoms with van der Waals surface area (Å²) >= 11 is 0. The van der Waals surface area contributed by atoms with Crippen molar-refractivity contribution in [1.82, 2.24) is 9.97 Å². The van der Waals surface area contributed by atoms with Crippen LogP contribution in [0.1, 0.15) is 28.9 Å². The van der Waals surface area contributed by atoms with Gasteiger partial charge >= 0.3 is 0 Å². The largest absolute Gasteiger partial charge is 0.497 e. The lowest BCUT2D eigenvalue weighted by atomic mass is 10.1. The van der Waals surface area contributed by atoms with Gasteiger partial charge in [0, 0.05) is 24.7 Å². The highest BCUT2D eigenvalue weighted by molar-refractivity contribution is 6.08. The van der Waals surface area contributed by atoms with Gasteiger partial charge in [-0.1, -0.05) is 0 Å². The molecule has 0 bridgehead atoms. The number of rotatable bonds is 4. The number of ether oxygens (including phenoxy) is 1. The molecule has 1 aliphatic rings. The predicted molar refractivity (Wildman–Crippen MR) is 107 cm³/mol. The first-order valence-electron chi connectivity index (χ1n) is 9.12. The molecule has 0 saturated carbocycles. The van der Waals surface area contributed by atoms with E-state index in [-0.39, 0.29) is 5.91 Å². The van der Waals surface area contributed by atoms with Crippen LogP contribution in [0.25, 0.3) is 10.9 Å². The van der Waals surface area contributed by atoms with Crippen LogP contribution < -0.4 is 15.0 Å². The first-order valence-corrected chi connectivity index (χ1v) is 9.12. The van der Waals surface area contributed by atoms with Gasteiger partial charge in [-0.3, -0.25) is 9.78 Å². The van der Waals surface area contributed by atoms with E-state index >= 15 is 0 Å². The highest BCUT2D eigenvalue weighted by Gasteiger charge is 2.19. The fourth-order valence-electron chi connectivity index (χ4n) is 3.47. The minimum atomic E-state index is -0.182. The third-order valence-corrected chi connectivity index (χ3v) is 4.90. The zero-order chi connectivity index (χ0) is 18.8. The minimum Gasteiger partial charge on any atom is -0.497 e. The van der Waals surface area contributed by atoms with Gasteiger partial charge in [-0.05, 0) is 56.2 Å². The van der Waals surface area contributed by atoms with Gasteiger partial charge in [0.2, 0.25) is 0 Å². The Labute approximate surface area is 158 Å². The highest BCUT2D eigenvalue weighted by Crippen LogP contribution is 2.27. The molecular weight excluding hydrogens is 340 g/mol. The normalized spacial score (nSPS) is 13.8. The highest BCUT2D eigenvalue weighted by atomic mass is 16.5. The molecule has 27 heavy (non-hydrogen) atoms. The molecule has 1 N–H and O–H groups in total. The van der Waals surface area contributed by atoms with E-state index in [0.29, 0.717) is 11.3 Å². The van der Waals surface area contributed by atoms with Crippen molar-refractivity contribution in [3.8, 4) is 5.75 Å². The summed E-state index contributed by atoms with van der Waals surface area (Å²) in [5.41, 5.74) is 2.81. The van der Waals surface area contributed by atoms with Crippen molar-refractivity contribution in [3.05, 3.63) is 53.9 Å². The Bertz CT molecular complexity index is 997. The van der Waals surface area contributed by atoms with Gasteiger partial charge in [0.05, 0.1) is 29.6 Å². The van der Waals surface area contributed by atoms with E-state index in [1.165, 1.54) is 0 Å². The van der Waals surface area contributed by atoms with Crippen LogP contribution in [0.3, 0.4) is 0 Å². The van der Waals surface area contributed by atoms with Crippen LogP contribution in [0.2, 0.25) is 0 Å². The second-order valence-corrected chi connectivity index (χ2v) is 6.70. The molecule has 6 nitrogen and oxygen atoms in total. The van der Waals surface area contributed by atoms with Crippen LogP contribution in [0.4, 0.5) is 11.5 Å². The SMILES string of the molecule is COc1ccc2nc(C)c(C(=O)Nc3cccnc3N3CCCC3)cc2c1. The van der Waals surface area contributed by atoms with Crippen molar-refractivity contribution >= 4 is 28.3 Å². The van der Waals surface area contributed by atoms with Crippen LogP contribution in [-0.4, -0.2) is 36.1 Å². The molecule has 138 valence electrons. The number of benzene rings is 1. The van der Waals surface area contributed by atoms with Crippen molar-refractivity contribution in [2.45, 2.75) is 19.8 Å². The lowest BCUT2D eigenvalue weighted by Gasteiger charge is -2.20. The van der Waals surface area contributed by atoms with Crippen molar-refractivity contribution in [3.63, 3.8) is 0 Å². The number of nitrogens with one attached hydrogen (secondary N) is 1. The summed E-state index contributed by atoms with van der Waals surface area (Å²) in [6, 6.07) is 11.2. The summed E-state index contributed by atoms with van der Waals surface area (Å²) in [6.45, 7) is 3.79. The zero-order valence-electron chi connectivity index (χ0n) is 15.5. The van der Waals surface area contributed by atoms with Crippen LogP contribution in [-0.2, 0) is 0 Å². The average molecular weight is 362 g/mol. The monoisotopic (exact) mass is 362 g/mol. The lowest BCUT2D eigenvalue weighted by molar-refractivity contribution is 0.102. The van der Waals surface area contributed by atoms with E-state index in [1.807, 2.05) is 43.3 Å². The Balaban J connectivity index is 1.66. The molecule has 0 radical (unpaired) electrons. The van der Waals surface area contributed by atoms with Gasteiger partial charge in [-0.15, -0.1) is 0 Å². The number of amides is 1. The fraction of sp³-hybridized carbons (Fsp3) is 0.286. The van der Waals surface area contributed by atoms with Gasteiger partial charge in [0.1, 0.15) is 5.75 Å². The number of carbonyl (C=O) groups excluding carboxylic acids is 1. The molecule has 0 spiro atoms. The number of fused-ring (bicyclic) bond motifs is 1. The average Bonchev–Trinajstić information content (AvgIpc) is 3.22. The van der Waals surface area contributed by atoms with Crippen molar-refractivity contribution in [2.75, 3.05) is 30.4 Å². The topological polar surface area (TPSA) is 67.3 Å². The standard InChI is InChI=1S/C21H22N4O2/c1-14-17(13-15-12-16(27-2)7-8-18(15)23-14)21(26)24-19-6-5-9-22-20(19)25-10-3-4-11-25/h5-9,12-13H,3-4,10-11H2,1-2H3,(H,24,26). The quantitative estimate of drug-likeness (QED) is 0.765. The molecule has 3 aromatic rings. The van der Waals surface area contributed by atoms with E-state index < -0.39 is 0 Å². The molecule has 3 heterocycles. The molecule has 1 fully saturated rings. The maximum absolute atomic E-state index is 13.0. The molecular formula is C21H22N4O2.